The van der Waals surface area contributed by atoms with Crippen molar-refractivity contribution in [2.45, 2.75) is 38.1 Å². The van der Waals surface area contributed by atoms with Gasteiger partial charge in [0.05, 0.1) is 25.9 Å². The Morgan fingerprint density at radius 3 is 3.17 bits per heavy atom. The van der Waals surface area contributed by atoms with E-state index in [9.17, 15) is 0 Å². The van der Waals surface area contributed by atoms with Gasteiger partial charge in [-0.1, -0.05) is 6.07 Å². The molecule has 1 saturated carbocycles. The first-order valence-corrected chi connectivity index (χ1v) is 9.49. The van der Waals surface area contributed by atoms with E-state index in [0.29, 0.717) is 24.7 Å². The van der Waals surface area contributed by atoms with Crippen LogP contribution in [0, 0.1) is 5.92 Å². The molecule has 0 unspecified atom stereocenters. The lowest BCUT2D eigenvalue weighted by atomic mass is 10.0. The number of thiazole rings is 1. The van der Waals surface area contributed by atoms with Crippen molar-refractivity contribution in [3.8, 4) is 0 Å². The zero-order chi connectivity index (χ0) is 16.2. The monoisotopic (exact) mass is 345 g/mol. The van der Waals surface area contributed by atoms with Crippen molar-refractivity contribution in [3.05, 3.63) is 46.7 Å². The Balaban J connectivity index is 1.32. The fourth-order valence-electron chi connectivity index (χ4n) is 3.86. The minimum atomic E-state index is 0.298. The van der Waals surface area contributed by atoms with Crippen LogP contribution in [-0.4, -0.2) is 46.8 Å². The van der Waals surface area contributed by atoms with Gasteiger partial charge in [0.15, 0.2) is 0 Å². The standard InChI is InChI=1S/C18H23N3O2S/c1-2-14(10-19-5-1)11-21-7-8-23-18-15(3-4-16(18)21)12-22-13-17-20-6-9-24-17/h1-2,5-6,9-10,15-16,18H,3-4,7-8,11-13H2/t15-,16-,18+/m0/s1. The summed E-state index contributed by atoms with van der Waals surface area (Å²) in [6.45, 7) is 4.16. The van der Waals surface area contributed by atoms with E-state index in [1.165, 1.54) is 18.4 Å². The van der Waals surface area contributed by atoms with Crippen molar-refractivity contribution in [1.82, 2.24) is 14.9 Å². The van der Waals surface area contributed by atoms with Crippen LogP contribution in [-0.2, 0) is 22.6 Å². The first kappa shape index (κ1) is 16.1. The summed E-state index contributed by atoms with van der Waals surface area (Å²) in [6.07, 6.45) is 8.29. The maximum absolute atomic E-state index is 6.12. The lowest BCUT2D eigenvalue weighted by Crippen LogP contribution is -2.50. The highest BCUT2D eigenvalue weighted by Gasteiger charge is 2.42. The Bertz CT molecular complexity index is 622. The first-order valence-electron chi connectivity index (χ1n) is 8.61. The van der Waals surface area contributed by atoms with E-state index in [4.69, 9.17) is 9.47 Å². The van der Waals surface area contributed by atoms with Gasteiger partial charge >= 0.3 is 0 Å². The van der Waals surface area contributed by atoms with Crippen molar-refractivity contribution in [2.75, 3.05) is 19.8 Å². The molecule has 3 heterocycles. The highest BCUT2D eigenvalue weighted by atomic mass is 32.1. The lowest BCUT2D eigenvalue weighted by Gasteiger charge is -2.39. The molecule has 2 aliphatic rings. The largest absolute Gasteiger partial charge is 0.375 e. The highest BCUT2D eigenvalue weighted by Crippen LogP contribution is 2.35. The fraction of sp³-hybridized carbons (Fsp3) is 0.556. The van der Waals surface area contributed by atoms with Crippen LogP contribution < -0.4 is 0 Å². The zero-order valence-electron chi connectivity index (χ0n) is 13.7. The average Bonchev–Trinajstić information content (AvgIpc) is 3.27. The molecule has 5 nitrogen and oxygen atoms in total. The summed E-state index contributed by atoms with van der Waals surface area (Å²) in [5, 5.41) is 3.04. The highest BCUT2D eigenvalue weighted by molar-refractivity contribution is 7.09. The molecular weight excluding hydrogens is 322 g/mol. The van der Waals surface area contributed by atoms with Gasteiger partial charge in [0.1, 0.15) is 5.01 Å². The summed E-state index contributed by atoms with van der Waals surface area (Å²) in [4.78, 5) is 11.1. The maximum Gasteiger partial charge on any atom is 0.118 e. The molecule has 1 aliphatic heterocycles. The molecule has 3 atom stereocenters. The number of nitrogens with zero attached hydrogens (tertiary/aromatic N) is 3. The molecule has 2 aromatic heterocycles. The van der Waals surface area contributed by atoms with Crippen molar-refractivity contribution in [1.29, 1.82) is 0 Å². The molecule has 0 amide bonds. The molecule has 0 bridgehead atoms. The molecule has 1 saturated heterocycles. The molecule has 0 aromatic carbocycles. The van der Waals surface area contributed by atoms with E-state index < -0.39 is 0 Å². The van der Waals surface area contributed by atoms with Crippen LogP contribution in [0.15, 0.2) is 36.1 Å². The van der Waals surface area contributed by atoms with Crippen LogP contribution in [0.2, 0.25) is 0 Å². The van der Waals surface area contributed by atoms with E-state index in [-0.39, 0.29) is 0 Å². The Kier molecular flexibility index (Phi) is 5.18. The molecule has 24 heavy (non-hydrogen) atoms. The summed E-state index contributed by atoms with van der Waals surface area (Å²) in [5.41, 5.74) is 1.28. The van der Waals surface area contributed by atoms with E-state index in [2.05, 4.69) is 20.9 Å². The predicted octanol–water partition coefficient (Wildman–Crippen LogP) is 2.73. The van der Waals surface area contributed by atoms with E-state index in [1.54, 1.807) is 11.3 Å². The number of aromatic nitrogens is 2. The van der Waals surface area contributed by atoms with Crippen molar-refractivity contribution in [3.63, 3.8) is 0 Å². The van der Waals surface area contributed by atoms with Crippen LogP contribution in [0.4, 0.5) is 0 Å². The van der Waals surface area contributed by atoms with Crippen LogP contribution in [0.3, 0.4) is 0 Å². The topological polar surface area (TPSA) is 47.5 Å². The second-order valence-corrected chi connectivity index (χ2v) is 7.49. The summed E-state index contributed by atoms with van der Waals surface area (Å²) in [6, 6.07) is 4.67. The van der Waals surface area contributed by atoms with Crippen molar-refractivity contribution < 1.29 is 9.47 Å². The second kappa shape index (κ2) is 7.70. The average molecular weight is 345 g/mol. The molecule has 128 valence electrons. The smallest absolute Gasteiger partial charge is 0.118 e. The number of rotatable bonds is 6. The number of pyridine rings is 1. The van der Waals surface area contributed by atoms with Gasteiger partial charge in [0.25, 0.3) is 0 Å². The van der Waals surface area contributed by atoms with E-state index in [0.717, 1.165) is 31.3 Å². The Morgan fingerprint density at radius 1 is 1.33 bits per heavy atom. The van der Waals surface area contributed by atoms with Crippen LogP contribution in [0.5, 0.6) is 0 Å². The third-order valence-corrected chi connectivity index (χ3v) is 5.74. The van der Waals surface area contributed by atoms with Gasteiger partial charge in [-0.3, -0.25) is 9.88 Å². The van der Waals surface area contributed by atoms with E-state index in [1.807, 2.05) is 30.0 Å². The van der Waals surface area contributed by atoms with Gasteiger partial charge in [-0.15, -0.1) is 11.3 Å². The fourth-order valence-corrected chi connectivity index (χ4v) is 4.41. The Morgan fingerprint density at radius 2 is 2.33 bits per heavy atom. The van der Waals surface area contributed by atoms with Crippen LogP contribution in [0.1, 0.15) is 23.4 Å². The first-order chi connectivity index (χ1) is 11.9. The third kappa shape index (κ3) is 3.67. The zero-order valence-corrected chi connectivity index (χ0v) is 14.5. The molecule has 2 aromatic rings. The molecule has 2 fully saturated rings. The molecule has 0 radical (unpaired) electrons. The minimum absolute atomic E-state index is 0.298. The normalized spacial score (nSPS) is 27.2. The van der Waals surface area contributed by atoms with Crippen molar-refractivity contribution in [2.24, 2.45) is 5.92 Å². The Labute approximate surface area is 146 Å². The lowest BCUT2D eigenvalue weighted by molar-refractivity contribution is -0.0891. The van der Waals surface area contributed by atoms with Gasteiger partial charge < -0.3 is 9.47 Å². The molecular formula is C18H23N3O2S. The predicted molar refractivity (Wildman–Crippen MR) is 92.7 cm³/mol. The summed E-state index contributed by atoms with van der Waals surface area (Å²) in [7, 11) is 0. The van der Waals surface area contributed by atoms with Crippen molar-refractivity contribution >= 4 is 11.3 Å². The third-order valence-electron chi connectivity index (χ3n) is 4.98. The van der Waals surface area contributed by atoms with Gasteiger partial charge in [0.2, 0.25) is 0 Å². The molecule has 0 N–H and O–H groups in total. The Hall–Kier alpha value is -1.34. The summed E-state index contributed by atoms with van der Waals surface area (Å²) >= 11 is 1.65. The summed E-state index contributed by atoms with van der Waals surface area (Å²) in [5.74, 6) is 0.492. The van der Waals surface area contributed by atoms with Gasteiger partial charge in [-0.05, 0) is 24.5 Å². The number of hydrogen-bond donors (Lipinski definition) is 0. The number of morpholine rings is 1. The quantitative estimate of drug-likeness (QED) is 0.806. The van der Waals surface area contributed by atoms with E-state index >= 15 is 0 Å². The van der Waals surface area contributed by atoms with Gasteiger partial charge in [-0.25, -0.2) is 4.98 Å². The molecule has 4 rings (SSSR count). The van der Waals surface area contributed by atoms with Gasteiger partial charge in [0, 0.05) is 49.0 Å². The van der Waals surface area contributed by atoms with Crippen LogP contribution in [0.25, 0.3) is 0 Å². The van der Waals surface area contributed by atoms with Crippen LogP contribution >= 0.6 is 11.3 Å². The number of fused-ring (bicyclic) bond motifs is 1. The molecule has 0 spiro atoms. The number of hydrogen-bond acceptors (Lipinski definition) is 6. The van der Waals surface area contributed by atoms with Gasteiger partial charge in [-0.2, -0.15) is 0 Å². The maximum atomic E-state index is 6.12. The second-order valence-electron chi connectivity index (χ2n) is 6.51. The number of ether oxygens (including phenoxy) is 2. The molecule has 6 heteroatoms. The SMILES string of the molecule is c1cncc(CN2CCO[C@@H]3[C@H](COCc4nccs4)CC[C@@H]32)c1. The molecule has 1 aliphatic carbocycles. The summed E-state index contributed by atoms with van der Waals surface area (Å²) < 4.78 is 12.0. The minimum Gasteiger partial charge on any atom is -0.375 e.